The van der Waals surface area contributed by atoms with Crippen molar-refractivity contribution < 1.29 is 5.11 Å². The van der Waals surface area contributed by atoms with Gasteiger partial charge in [-0.2, -0.15) is 0 Å². The van der Waals surface area contributed by atoms with Gasteiger partial charge >= 0.3 is 0 Å². The number of benzene rings is 1. The molecule has 0 bridgehead atoms. The van der Waals surface area contributed by atoms with Crippen molar-refractivity contribution in [3.05, 3.63) is 32.7 Å². The number of hydrogen-bond donors (Lipinski definition) is 1. The number of aliphatic hydroxyl groups is 1. The summed E-state index contributed by atoms with van der Waals surface area (Å²) in [6.07, 6.45) is 1.01. The summed E-state index contributed by atoms with van der Waals surface area (Å²) in [5.41, 5.74) is 1.19. The maximum absolute atomic E-state index is 9.39. The van der Waals surface area contributed by atoms with Crippen molar-refractivity contribution in [2.24, 2.45) is 5.92 Å². The minimum Gasteiger partial charge on any atom is -0.396 e. The lowest BCUT2D eigenvalue weighted by molar-refractivity contribution is 0.248. The van der Waals surface area contributed by atoms with Gasteiger partial charge in [0, 0.05) is 21.5 Å². The first kappa shape index (κ1) is 13.2. The Kier molecular flexibility index (Phi) is 5.30. The largest absolute Gasteiger partial charge is 0.396 e. The van der Waals surface area contributed by atoms with E-state index in [1.807, 2.05) is 12.1 Å². The van der Waals surface area contributed by atoms with Crippen LogP contribution in [0.3, 0.4) is 0 Å². The summed E-state index contributed by atoms with van der Waals surface area (Å²) >= 11 is 6.96. The van der Waals surface area contributed by atoms with Crippen LogP contribution >= 0.6 is 31.9 Å². The molecule has 0 heterocycles. The summed E-state index contributed by atoms with van der Waals surface area (Å²) in [5.74, 6) is 0.824. The zero-order valence-electron chi connectivity index (χ0n) is 9.00. The lowest BCUT2D eigenvalue weighted by atomic mass is 9.91. The second kappa shape index (κ2) is 6.02. The first-order chi connectivity index (χ1) is 7.04. The maximum atomic E-state index is 9.39. The maximum Gasteiger partial charge on any atom is 0.0500 e. The molecule has 3 heteroatoms. The Morgan fingerprint density at radius 2 is 1.93 bits per heavy atom. The van der Waals surface area contributed by atoms with Crippen LogP contribution in [0.25, 0.3) is 0 Å². The molecule has 1 aromatic rings. The first-order valence-corrected chi connectivity index (χ1v) is 6.69. The number of halogens is 2. The minimum absolute atomic E-state index is 0.207. The predicted octanol–water partition coefficient (Wildman–Crippen LogP) is 4.33. The first-order valence-electron chi connectivity index (χ1n) is 5.10. The number of rotatable bonds is 4. The fourth-order valence-electron chi connectivity index (χ4n) is 1.70. The summed E-state index contributed by atoms with van der Waals surface area (Å²) in [6.45, 7) is 4.56. The van der Waals surface area contributed by atoms with Crippen molar-refractivity contribution >= 4 is 31.9 Å². The molecule has 1 unspecified atom stereocenters. The van der Waals surface area contributed by atoms with Crippen LogP contribution in [0.15, 0.2) is 27.1 Å². The molecular weight excluding hydrogens is 320 g/mol. The molecule has 0 aliphatic carbocycles. The van der Waals surface area contributed by atoms with E-state index < -0.39 is 0 Å². The highest BCUT2D eigenvalue weighted by Crippen LogP contribution is 2.31. The topological polar surface area (TPSA) is 20.2 Å². The van der Waals surface area contributed by atoms with Gasteiger partial charge in [0.25, 0.3) is 0 Å². The molecule has 0 aromatic heterocycles. The Hall–Kier alpha value is 0.140. The van der Waals surface area contributed by atoms with E-state index in [1.165, 1.54) is 5.56 Å². The summed E-state index contributed by atoms with van der Waals surface area (Å²) in [4.78, 5) is 0. The molecule has 0 saturated carbocycles. The Bertz CT molecular complexity index is 323. The average molecular weight is 336 g/mol. The molecule has 1 rings (SSSR count). The minimum atomic E-state index is 0.207. The Morgan fingerprint density at radius 1 is 1.27 bits per heavy atom. The van der Waals surface area contributed by atoms with Gasteiger partial charge in [-0.3, -0.25) is 0 Å². The molecule has 0 spiro atoms. The molecule has 84 valence electrons. The molecule has 0 aliphatic rings. The molecule has 0 fully saturated rings. The van der Waals surface area contributed by atoms with Gasteiger partial charge in [-0.05, 0) is 30.0 Å². The van der Waals surface area contributed by atoms with Crippen molar-refractivity contribution in [3.63, 3.8) is 0 Å². The fraction of sp³-hybridized carbons (Fsp3) is 0.500. The van der Waals surface area contributed by atoms with Crippen LogP contribution in [-0.2, 0) is 0 Å². The molecule has 0 aliphatic heterocycles. The van der Waals surface area contributed by atoms with Crippen LogP contribution in [0.4, 0.5) is 0 Å². The van der Waals surface area contributed by atoms with E-state index >= 15 is 0 Å². The Morgan fingerprint density at radius 3 is 2.40 bits per heavy atom. The second-order valence-electron chi connectivity index (χ2n) is 4.17. The molecule has 0 radical (unpaired) electrons. The molecule has 1 N–H and O–H groups in total. The zero-order chi connectivity index (χ0) is 11.4. The smallest absolute Gasteiger partial charge is 0.0500 e. The zero-order valence-corrected chi connectivity index (χ0v) is 12.2. The summed E-state index contributed by atoms with van der Waals surface area (Å²) < 4.78 is 2.12. The molecule has 0 amide bonds. The molecular formula is C12H16Br2O. The number of hydrogen-bond acceptors (Lipinski definition) is 1. The van der Waals surface area contributed by atoms with Gasteiger partial charge in [0.05, 0.1) is 0 Å². The van der Waals surface area contributed by atoms with E-state index in [1.54, 1.807) is 0 Å². The van der Waals surface area contributed by atoms with E-state index in [-0.39, 0.29) is 12.5 Å². The average Bonchev–Trinajstić information content (AvgIpc) is 2.14. The third kappa shape index (κ3) is 3.89. The lowest BCUT2D eigenvalue weighted by Crippen LogP contribution is -2.08. The van der Waals surface area contributed by atoms with E-state index in [2.05, 4.69) is 51.8 Å². The van der Waals surface area contributed by atoms with E-state index in [0.717, 1.165) is 15.4 Å². The van der Waals surface area contributed by atoms with Gasteiger partial charge in [0.1, 0.15) is 0 Å². The second-order valence-corrected chi connectivity index (χ2v) is 5.94. The van der Waals surface area contributed by atoms with Gasteiger partial charge in [-0.15, -0.1) is 0 Å². The van der Waals surface area contributed by atoms with Crippen LogP contribution in [-0.4, -0.2) is 11.7 Å². The van der Waals surface area contributed by atoms with E-state index in [0.29, 0.717) is 5.92 Å². The van der Waals surface area contributed by atoms with Gasteiger partial charge in [0.15, 0.2) is 0 Å². The normalized spacial score (nSPS) is 13.2. The monoisotopic (exact) mass is 334 g/mol. The molecule has 0 saturated heterocycles. The Balaban J connectivity index is 2.91. The highest BCUT2D eigenvalue weighted by atomic mass is 79.9. The predicted molar refractivity (Wildman–Crippen MR) is 71.1 cm³/mol. The van der Waals surface area contributed by atoms with Crippen molar-refractivity contribution in [1.82, 2.24) is 0 Å². The van der Waals surface area contributed by atoms with Crippen molar-refractivity contribution in [1.29, 1.82) is 0 Å². The van der Waals surface area contributed by atoms with Crippen molar-refractivity contribution in [2.45, 2.75) is 26.2 Å². The van der Waals surface area contributed by atoms with Crippen molar-refractivity contribution in [3.8, 4) is 0 Å². The Labute approximate surface area is 108 Å². The van der Waals surface area contributed by atoms with Gasteiger partial charge in [-0.25, -0.2) is 0 Å². The van der Waals surface area contributed by atoms with Gasteiger partial charge in [0.2, 0.25) is 0 Å². The quantitative estimate of drug-likeness (QED) is 0.868. The van der Waals surface area contributed by atoms with E-state index in [9.17, 15) is 5.11 Å². The van der Waals surface area contributed by atoms with Crippen molar-refractivity contribution in [2.75, 3.05) is 6.61 Å². The highest BCUT2D eigenvalue weighted by molar-refractivity contribution is 9.11. The standard InChI is InChI=1S/C12H16Br2O/c1-8(2)5-9(7-15)11-4-3-10(13)6-12(11)14/h3-4,6,8-9,15H,5,7H2,1-2H3. The van der Waals surface area contributed by atoms with E-state index in [4.69, 9.17) is 0 Å². The van der Waals surface area contributed by atoms with Crippen LogP contribution < -0.4 is 0 Å². The SMILES string of the molecule is CC(C)CC(CO)c1ccc(Br)cc1Br. The van der Waals surface area contributed by atoms with Gasteiger partial charge < -0.3 is 5.11 Å². The van der Waals surface area contributed by atoms with Crippen LogP contribution in [0, 0.1) is 5.92 Å². The number of aliphatic hydroxyl groups excluding tert-OH is 1. The molecule has 1 atom stereocenters. The summed E-state index contributed by atoms with van der Waals surface area (Å²) in [6, 6.07) is 6.11. The fourth-order valence-corrected chi connectivity index (χ4v) is 3.07. The third-order valence-corrected chi connectivity index (χ3v) is 3.56. The summed E-state index contributed by atoms with van der Waals surface area (Å²) in [5, 5.41) is 9.39. The molecule has 1 aromatic carbocycles. The lowest BCUT2D eigenvalue weighted by Gasteiger charge is -2.18. The van der Waals surface area contributed by atoms with Crippen LogP contribution in [0.2, 0.25) is 0 Å². The van der Waals surface area contributed by atoms with Crippen LogP contribution in [0.1, 0.15) is 31.7 Å². The summed E-state index contributed by atoms with van der Waals surface area (Å²) in [7, 11) is 0. The van der Waals surface area contributed by atoms with Gasteiger partial charge in [-0.1, -0.05) is 51.8 Å². The molecule has 15 heavy (non-hydrogen) atoms. The third-order valence-electron chi connectivity index (χ3n) is 2.38. The van der Waals surface area contributed by atoms with Crippen LogP contribution in [0.5, 0.6) is 0 Å². The molecule has 1 nitrogen and oxygen atoms in total. The highest BCUT2D eigenvalue weighted by Gasteiger charge is 2.15.